The first kappa shape index (κ1) is 17.5. The SMILES string of the molecule is CCCCCC(C)(C)CNC(=O)c1cc(N)c(C)c(F)c1. The fourth-order valence-electron chi connectivity index (χ4n) is 2.19. The highest BCUT2D eigenvalue weighted by atomic mass is 19.1. The number of hydrogen-bond donors (Lipinski definition) is 2. The van der Waals surface area contributed by atoms with Crippen LogP contribution in [0.1, 0.15) is 62.4 Å². The predicted octanol–water partition coefficient (Wildman–Crippen LogP) is 4.05. The van der Waals surface area contributed by atoms with Crippen molar-refractivity contribution in [3.05, 3.63) is 29.1 Å². The number of unbranched alkanes of at least 4 members (excludes halogenated alkanes) is 2. The van der Waals surface area contributed by atoms with Crippen LogP contribution in [-0.2, 0) is 0 Å². The summed E-state index contributed by atoms with van der Waals surface area (Å²) >= 11 is 0. The Hall–Kier alpha value is -1.58. The number of hydrogen-bond acceptors (Lipinski definition) is 2. The molecule has 0 fully saturated rings. The average Bonchev–Trinajstić information content (AvgIpc) is 2.42. The number of nitrogen functional groups attached to an aromatic ring is 1. The van der Waals surface area contributed by atoms with Crippen LogP contribution < -0.4 is 11.1 Å². The van der Waals surface area contributed by atoms with E-state index in [-0.39, 0.29) is 16.9 Å². The van der Waals surface area contributed by atoms with Gasteiger partial charge in [0.1, 0.15) is 5.82 Å². The zero-order chi connectivity index (χ0) is 16.0. The van der Waals surface area contributed by atoms with E-state index in [1.165, 1.54) is 25.0 Å². The molecule has 4 heteroatoms. The fraction of sp³-hybridized carbons (Fsp3) is 0.588. The molecular formula is C17H27FN2O. The van der Waals surface area contributed by atoms with Gasteiger partial charge in [0.05, 0.1) is 0 Å². The number of benzene rings is 1. The highest BCUT2D eigenvalue weighted by Crippen LogP contribution is 2.23. The number of carbonyl (C=O) groups is 1. The van der Waals surface area contributed by atoms with Crippen molar-refractivity contribution in [1.82, 2.24) is 5.32 Å². The molecule has 0 heterocycles. The lowest BCUT2D eigenvalue weighted by Gasteiger charge is -2.25. The van der Waals surface area contributed by atoms with Crippen LogP contribution >= 0.6 is 0 Å². The molecule has 0 aliphatic heterocycles. The van der Waals surface area contributed by atoms with E-state index < -0.39 is 5.82 Å². The molecule has 0 aliphatic rings. The minimum absolute atomic E-state index is 0.0413. The van der Waals surface area contributed by atoms with Crippen molar-refractivity contribution in [2.75, 3.05) is 12.3 Å². The summed E-state index contributed by atoms with van der Waals surface area (Å²) in [6.07, 6.45) is 4.61. The average molecular weight is 294 g/mol. The first-order chi connectivity index (χ1) is 9.76. The monoisotopic (exact) mass is 294 g/mol. The summed E-state index contributed by atoms with van der Waals surface area (Å²) in [5.74, 6) is -0.716. The van der Waals surface area contributed by atoms with Gasteiger partial charge in [0.15, 0.2) is 0 Å². The Morgan fingerprint density at radius 2 is 2.00 bits per heavy atom. The zero-order valence-corrected chi connectivity index (χ0v) is 13.6. The number of nitrogens with two attached hydrogens (primary N) is 1. The summed E-state index contributed by atoms with van der Waals surface area (Å²) in [5.41, 5.74) is 6.71. The van der Waals surface area contributed by atoms with Crippen LogP contribution in [0.2, 0.25) is 0 Å². The topological polar surface area (TPSA) is 55.1 Å². The van der Waals surface area contributed by atoms with Crippen LogP contribution in [0.4, 0.5) is 10.1 Å². The molecule has 118 valence electrons. The molecule has 1 rings (SSSR count). The molecule has 1 aromatic carbocycles. The van der Waals surface area contributed by atoms with Crippen LogP contribution in [0.15, 0.2) is 12.1 Å². The highest BCUT2D eigenvalue weighted by molar-refractivity contribution is 5.95. The highest BCUT2D eigenvalue weighted by Gasteiger charge is 2.19. The smallest absolute Gasteiger partial charge is 0.251 e. The summed E-state index contributed by atoms with van der Waals surface area (Å²) < 4.78 is 13.6. The fourth-order valence-corrected chi connectivity index (χ4v) is 2.19. The van der Waals surface area contributed by atoms with Gasteiger partial charge in [-0.05, 0) is 30.9 Å². The molecule has 0 bridgehead atoms. The van der Waals surface area contributed by atoms with Crippen LogP contribution in [0, 0.1) is 18.2 Å². The molecule has 0 atom stereocenters. The Balaban J connectivity index is 2.61. The summed E-state index contributed by atoms with van der Waals surface area (Å²) in [6, 6.07) is 2.77. The maximum Gasteiger partial charge on any atom is 0.251 e. The van der Waals surface area contributed by atoms with Gasteiger partial charge < -0.3 is 11.1 Å². The van der Waals surface area contributed by atoms with Crippen molar-refractivity contribution >= 4 is 11.6 Å². The normalized spacial score (nSPS) is 11.5. The van der Waals surface area contributed by atoms with Crippen LogP contribution in [-0.4, -0.2) is 12.5 Å². The molecule has 0 aliphatic carbocycles. The van der Waals surface area contributed by atoms with E-state index in [0.29, 0.717) is 17.8 Å². The molecule has 3 N–H and O–H groups in total. The number of nitrogens with one attached hydrogen (secondary N) is 1. The van der Waals surface area contributed by atoms with Crippen LogP contribution in [0.25, 0.3) is 0 Å². The minimum Gasteiger partial charge on any atom is -0.398 e. The lowest BCUT2D eigenvalue weighted by Crippen LogP contribution is -2.34. The van der Waals surface area contributed by atoms with Gasteiger partial charge in [0, 0.05) is 23.4 Å². The molecular weight excluding hydrogens is 267 g/mol. The Bertz CT molecular complexity index is 475. The van der Waals surface area contributed by atoms with E-state index in [1.54, 1.807) is 6.92 Å². The van der Waals surface area contributed by atoms with Gasteiger partial charge in [-0.25, -0.2) is 4.39 Å². The third-order valence-corrected chi connectivity index (χ3v) is 3.83. The Kier molecular flexibility index (Phi) is 6.19. The molecule has 0 unspecified atom stereocenters. The van der Waals surface area contributed by atoms with Gasteiger partial charge in [-0.3, -0.25) is 4.79 Å². The largest absolute Gasteiger partial charge is 0.398 e. The number of rotatable bonds is 7. The van der Waals surface area contributed by atoms with Crippen molar-refractivity contribution in [2.24, 2.45) is 5.41 Å². The van der Waals surface area contributed by atoms with E-state index in [9.17, 15) is 9.18 Å². The molecule has 3 nitrogen and oxygen atoms in total. The maximum absolute atomic E-state index is 13.6. The van der Waals surface area contributed by atoms with E-state index in [4.69, 9.17) is 5.73 Å². The van der Waals surface area contributed by atoms with Crippen LogP contribution in [0.5, 0.6) is 0 Å². The van der Waals surface area contributed by atoms with Gasteiger partial charge in [0.2, 0.25) is 0 Å². The van der Waals surface area contributed by atoms with Crippen molar-refractivity contribution in [2.45, 2.75) is 53.4 Å². The standard InChI is InChI=1S/C17H27FN2O/c1-5-6-7-8-17(3,4)11-20-16(21)13-9-14(18)12(2)15(19)10-13/h9-10H,5-8,11,19H2,1-4H3,(H,20,21). The van der Waals surface area contributed by atoms with Gasteiger partial charge in [-0.15, -0.1) is 0 Å². The van der Waals surface area contributed by atoms with Crippen molar-refractivity contribution in [3.8, 4) is 0 Å². The summed E-state index contributed by atoms with van der Waals surface area (Å²) in [5, 5.41) is 2.88. The van der Waals surface area contributed by atoms with Gasteiger partial charge in [-0.2, -0.15) is 0 Å². The molecule has 0 radical (unpaired) electrons. The third-order valence-electron chi connectivity index (χ3n) is 3.83. The molecule has 0 spiro atoms. The Morgan fingerprint density at radius 3 is 2.57 bits per heavy atom. The number of carbonyl (C=O) groups excluding carboxylic acids is 1. The molecule has 0 saturated carbocycles. The first-order valence-electron chi connectivity index (χ1n) is 7.60. The molecule has 1 aromatic rings. The minimum atomic E-state index is -0.442. The van der Waals surface area contributed by atoms with E-state index in [2.05, 4.69) is 26.1 Å². The van der Waals surface area contributed by atoms with Crippen molar-refractivity contribution in [3.63, 3.8) is 0 Å². The van der Waals surface area contributed by atoms with Crippen molar-refractivity contribution in [1.29, 1.82) is 0 Å². The van der Waals surface area contributed by atoms with E-state index in [0.717, 1.165) is 12.8 Å². The first-order valence-corrected chi connectivity index (χ1v) is 7.60. The Labute approximate surface area is 127 Å². The lowest BCUT2D eigenvalue weighted by atomic mass is 9.87. The number of amides is 1. The number of halogens is 1. The Morgan fingerprint density at radius 1 is 1.33 bits per heavy atom. The van der Waals surface area contributed by atoms with Crippen molar-refractivity contribution < 1.29 is 9.18 Å². The van der Waals surface area contributed by atoms with Crippen LogP contribution in [0.3, 0.4) is 0 Å². The molecule has 0 saturated heterocycles. The third kappa shape index (κ3) is 5.37. The van der Waals surface area contributed by atoms with E-state index in [1.807, 2.05) is 0 Å². The van der Waals surface area contributed by atoms with E-state index >= 15 is 0 Å². The van der Waals surface area contributed by atoms with Gasteiger partial charge in [0.25, 0.3) is 5.91 Å². The molecule has 0 aromatic heterocycles. The maximum atomic E-state index is 13.6. The second kappa shape index (κ2) is 7.43. The van der Waals surface area contributed by atoms with Gasteiger partial charge >= 0.3 is 0 Å². The zero-order valence-electron chi connectivity index (χ0n) is 13.6. The second-order valence-electron chi connectivity index (χ2n) is 6.48. The summed E-state index contributed by atoms with van der Waals surface area (Å²) in [6.45, 7) is 8.61. The molecule has 1 amide bonds. The summed E-state index contributed by atoms with van der Waals surface area (Å²) in [4.78, 5) is 12.1. The second-order valence-corrected chi connectivity index (χ2v) is 6.48. The van der Waals surface area contributed by atoms with Gasteiger partial charge in [-0.1, -0.05) is 40.0 Å². The lowest BCUT2D eigenvalue weighted by molar-refractivity contribution is 0.0933. The molecule has 21 heavy (non-hydrogen) atoms. The predicted molar refractivity (Wildman–Crippen MR) is 85.8 cm³/mol. The number of anilines is 1. The summed E-state index contributed by atoms with van der Waals surface area (Å²) in [7, 11) is 0. The quantitative estimate of drug-likeness (QED) is 0.588.